The summed E-state index contributed by atoms with van der Waals surface area (Å²) >= 11 is 0. The van der Waals surface area contributed by atoms with Crippen molar-refractivity contribution in [2.24, 2.45) is 0 Å². The predicted octanol–water partition coefficient (Wildman–Crippen LogP) is 3.73. The number of pyridine rings is 1. The third kappa shape index (κ3) is 2.40. The Morgan fingerprint density at radius 2 is 2.17 bits per heavy atom. The molecule has 5 aromatic rings. The zero-order chi connectivity index (χ0) is 20.2. The molecule has 1 aliphatic heterocycles. The fraction of sp³-hybridized carbons (Fsp3) is 0.136. The fourth-order valence-corrected chi connectivity index (χ4v) is 4.22. The van der Waals surface area contributed by atoms with Crippen molar-refractivity contribution in [3.63, 3.8) is 0 Å². The van der Waals surface area contributed by atoms with Crippen LogP contribution in [0.5, 0.6) is 0 Å². The van der Waals surface area contributed by atoms with Crippen LogP contribution in [0.1, 0.15) is 33.5 Å². The average molecular weight is 401 g/mol. The van der Waals surface area contributed by atoms with Gasteiger partial charge in [0.2, 0.25) is 0 Å². The molecule has 1 aliphatic rings. The number of carbonyl (C=O) groups excluding carboxylic acids is 1. The van der Waals surface area contributed by atoms with Crippen LogP contribution in [0.4, 0.5) is 4.39 Å². The number of carbonyl (C=O) groups is 1. The van der Waals surface area contributed by atoms with Gasteiger partial charge < -0.3 is 14.3 Å². The van der Waals surface area contributed by atoms with E-state index in [4.69, 9.17) is 4.42 Å². The molecule has 1 N–H and O–H groups in total. The first-order chi connectivity index (χ1) is 14.7. The zero-order valence-electron chi connectivity index (χ0n) is 15.7. The van der Waals surface area contributed by atoms with Crippen LogP contribution in [0.3, 0.4) is 0 Å². The van der Waals surface area contributed by atoms with Gasteiger partial charge in [-0.25, -0.2) is 13.9 Å². The SMILES string of the molecule is O=C(c1cnn2ccccc12)N1CCc2[nH]cnc2[C@H]1c1cc2cccc(F)c2o1. The van der Waals surface area contributed by atoms with Gasteiger partial charge >= 0.3 is 0 Å². The summed E-state index contributed by atoms with van der Waals surface area (Å²) in [6.45, 7) is 0.475. The molecule has 5 heterocycles. The van der Waals surface area contributed by atoms with E-state index < -0.39 is 11.9 Å². The number of para-hydroxylation sites is 1. The van der Waals surface area contributed by atoms with Gasteiger partial charge in [0.05, 0.1) is 29.3 Å². The largest absolute Gasteiger partial charge is 0.455 e. The molecule has 6 rings (SSSR count). The van der Waals surface area contributed by atoms with Gasteiger partial charge in [-0.2, -0.15) is 5.10 Å². The highest BCUT2D eigenvalue weighted by atomic mass is 19.1. The molecule has 0 spiro atoms. The highest BCUT2D eigenvalue weighted by Gasteiger charge is 2.37. The first kappa shape index (κ1) is 17.0. The second-order valence-electron chi connectivity index (χ2n) is 7.31. The Labute approximate surface area is 169 Å². The van der Waals surface area contributed by atoms with Crippen molar-refractivity contribution < 1.29 is 13.6 Å². The van der Waals surface area contributed by atoms with E-state index in [1.54, 1.807) is 46.3 Å². The maximum Gasteiger partial charge on any atom is 0.258 e. The van der Waals surface area contributed by atoms with Crippen molar-refractivity contribution in [2.45, 2.75) is 12.5 Å². The van der Waals surface area contributed by atoms with E-state index in [0.29, 0.717) is 35.4 Å². The minimum atomic E-state index is -0.557. The lowest BCUT2D eigenvalue weighted by atomic mass is 9.99. The summed E-state index contributed by atoms with van der Waals surface area (Å²) < 4.78 is 21.8. The number of H-pyrrole nitrogens is 1. The van der Waals surface area contributed by atoms with Gasteiger partial charge in [0, 0.05) is 30.2 Å². The Balaban J connectivity index is 1.50. The summed E-state index contributed by atoms with van der Waals surface area (Å²) in [5.41, 5.74) is 3.07. The number of benzene rings is 1. The zero-order valence-corrected chi connectivity index (χ0v) is 15.7. The highest BCUT2D eigenvalue weighted by molar-refractivity contribution is 6.01. The fourth-order valence-electron chi connectivity index (χ4n) is 4.22. The topological polar surface area (TPSA) is 79.4 Å². The Morgan fingerprint density at radius 3 is 3.07 bits per heavy atom. The maximum atomic E-state index is 14.2. The molecule has 148 valence electrons. The Morgan fingerprint density at radius 1 is 1.23 bits per heavy atom. The molecule has 1 amide bonds. The number of imidazole rings is 1. The number of aromatic nitrogens is 4. The summed E-state index contributed by atoms with van der Waals surface area (Å²) in [6, 6.07) is 11.6. The van der Waals surface area contributed by atoms with Gasteiger partial charge in [0.15, 0.2) is 11.4 Å². The van der Waals surface area contributed by atoms with E-state index in [1.165, 1.54) is 6.07 Å². The van der Waals surface area contributed by atoms with Crippen molar-refractivity contribution in [2.75, 3.05) is 6.54 Å². The molecule has 0 saturated heterocycles. The van der Waals surface area contributed by atoms with Crippen LogP contribution >= 0.6 is 0 Å². The van der Waals surface area contributed by atoms with E-state index in [1.807, 2.05) is 18.2 Å². The molecule has 0 aliphatic carbocycles. The Kier molecular flexibility index (Phi) is 3.55. The van der Waals surface area contributed by atoms with E-state index in [9.17, 15) is 9.18 Å². The second kappa shape index (κ2) is 6.28. The lowest BCUT2D eigenvalue weighted by Gasteiger charge is -2.33. The normalized spacial score (nSPS) is 16.3. The average Bonchev–Trinajstić information content (AvgIpc) is 3.50. The molecule has 0 radical (unpaired) electrons. The minimum Gasteiger partial charge on any atom is -0.455 e. The number of nitrogens with one attached hydrogen (secondary N) is 1. The van der Waals surface area contributed by atoms with Gasteiger partial charge in [-0.3, -0.25) is 4.79 Å². The molecule has 0 unspecified atom stereocenters. The van der Waals surface area contributed by atoms with Crippen LogP contribution in [0, 0.1) is 5.82 Å². The predicted molar refractivity (Wildman–Crippen MR) is 107 cm³/mol. The van der Waals surface area contributed by atoms with E-state index in [0.717, 1.165) is 11.2 Å². The maximum absolute atomic E-state index is 14.2. The van der Waals surface area contributed by atoms with Crippen LogP contribution in [0.25, 0.3) is 16.5 Å². The van der Waals surface area contributed by atoms with Gasteiger partial charge in [0.1, 0.15) is 11.8 Å². The smallest absolute Gasteiger partial charge is 0.258 e. The molecule has 0 saturated carbocycles. The van der Waals surface area contributed by atoms with Crippen LogP contribution in [0.15, 0.2) is 65.6 Å². The highest BCUT2D eigenvalue weighted by Crippen LogP contribution is 2.37. The number of rotatable bonds is 2. The first-order valence-corrected chi connectivity index (χ1v) is 9.64. The Hall–Kier alpha value is -3.94. The number of halogens is 1. The summed E-state index contributed by atoms with van der Waals surface area (Å²) in [6.07, 6.45) is 5.64. The summed E-state index contributed by atoms with van der Waals surface area (Å²) in [5.74, 6) is -0.124. The van der Waals surface area contributed by atoms with Gasteiger partial charge in [-0.1, -0.05) is 18.2 Å². The molecule has 4 aromatic heterocycles. The molecular weight excluding hydrogens is 385 g/mol. The molecule has 8 heteroatoms. The van der Waals surface area contributed by atoms with E-state index >= 15 is 0 Å². The lowest BCUT2D eigenvalue weighted by molar-refractivity contribution is 0.0674. The monoisotopic (exact) mass is 401 g/mol. The molecular formula is C22H16FN5O2. The van der Waals surface area contributed by atoms with Crippen molar-refractivity contribution >= 4 is 22.4 Å². The number of hydrogen-bond donors (Lipinski definition) is 1. The summed E-state index contributed by atoms with van der Waals surface area (Å²) in [4.78, 5) is 22.9. The molecule has 30 heavy (non-hydrogen) atoms. The third-order valence-electron chi connectivity index (χ3n) is 5.63. The van der Waals surface area contributed by atoms with Crippen LogP contribution in [0.2, 0.25) is 0 Å². The minimum absolute atomic E-state index is 0.171. The number of fused-ring (bicyclic) bond motifs is 3. The standard InChI is InChI=1S/C22H16FN5O2/c23-15-5-3-4-13-10-18(30-21(13)15)20-19-16(24-12-25-19)7-9-27(20)22(29)14-11-26-28-8-2-1-6-17(14)28/h1-6,8,10-12,20H,7,9H2,(H,24,25)/t20-/m1/s1. The van der Waals surface area contributed by atoms with Crippen molar-refractivity contribution in [1.29, 1.82) is 0 Å². The van der Waals surface area contributed by atoms with Crippen LogP contribution < -0.4 is 0 Å². The van der Waals surface area contributed by atoms with Crippen molar-refractivity contribution in [3.8, 4) is 0 Å². The van der Waals surface area contributed by atoms with E-state index in [2.05, 4.69) is 15.1 Å². The number of aromatic amines is 1. The molecule has 7 nitrogen and oxygen atoms in total. The van der Waals surface area contributed by atoms with Crippen LogP contribution in [-0.4, -0.2) is 36.9 Å². The van der Waals surface area contributed by atoms with Crippen LogP contribution in [-0.2, 0) is 6.42 Å². The van der Waals surface area contributed by atoms with E-state index in [-0.39, 0.29) is 11.5 Å². The molecule has 1 atom stereocenters. The second-order valence-corrected chi connectivity index (χ2v) is 7.31. The number of nitrogens with zero attached hydrogens (tertiary/aromatic N) is 4. The van der Waals surface area contributed by atoms with Crippen molar-refractivity contribution in [1.82, 2.24) is 24.5 Å². The van der Waals surface area contributed by atoms with Gasteiger partial charge in [-0.15, -0.1) is 0 Å². The van der Waals surface area contributed by atoms with Gasteiger partial charge in [-0.05, 0) is 24.3 Å². The Bertz CT molecular complexity index is 1420. The number of amides is 1. The van der Waals surface area contributed by atoms with Crippen molar-refractivity contribution in [3.05, 3.63) is 89.7 Å². The summed E-state index contributed by atoms with van der Waals surface area (Å²) in [5, 5.41) is 4.94. The summed E-state index contributed by atoms with van der Waals surface area (Å²) in [7, 11) is 0. The first-order valence-electron chi connectivity index (χ1n) is 9.64. The molecule has 1 aromatic carbocycles. The van der Waals surface area contributed by atoms with Gasteiger partial charge in [0.25, 0.3) is 5.91 Å². The molecule has 0 bridgehead atoms. The lowest BCUT2D eigenvalue weighted by Crippen LogP contribution is -2.40. The number of furan rings is 1. The number of hydrogen-bond acceptors (Lipinski definition) is 4. The molecule has 0 fully saturated rings. The quantitative estimate of drug-likeness (QED) is 0.489. The third-order valence-corrected chi connectivity index (χ3v) is 5.63.